The Morgan fingerprint density at radius 3 is 3.00 bits per heavy atom. The van der Waals surface area contributed by atoms with Crippen molar-refractivity contribution in [2.75, 3.05) is 0 Å². The lowest BCUT2D eigenvalue weighted by atomic mass is 10.2. The summed E-state index contributed by atoms with van der Waals surface area (Å²) >= 11 is 1.64. The maximum Gasteiger partial charge on any atom is 0.259 e. The monoisotopic (exact) mass is 304 g/mol. The Bertz CT molecular complexity index is 794. The number of aromatic nitrogens is 2. The van der Waals surface area contributed by atoms with Crippen LogP contribution >= 0.6 is 11.3 Å². The summed E-state index contributed by atoms with van der Waals surface area (Å²) in [5.41, 5.74) is 3.94. The van der Waals surface area contributed by atoms with Crippen molar-refractivity contribution in [1.29, 1.82) is 0 Å². The molecule has 0 bridgehead atoms. The standard InChI is InChI=1S/C14H16N4O2S/c1-7-5-11(19)17-18(7)6-10-15-13(20)12-8-3-2-4-9(8)21-14(12)16-10/h7H,2-6H2,1H3,(H,17,19)(H,15,16,20)/t7-/m1/s1. The smallest absolute Gasteiger partial charge is 0.259 e. The van der Waals surface area contributed by atoms with Crippen LogP contribution in [0.3, 0.4) is 0 Å². The Morgan fingerprint density at radius 2 is 2.24 bits per heavy atom. The quantitative estimate of drug-likeness (QED) is 0.871. The van der Waals surface area contributed by atoms with Crippen LogP contribution in [0.5, 0.6) is 0 Å². The van der Waals surface area contributed by atoms with Crippen LogP contribution in [0.2, 0.25) is 0 Å². The molecule has 0 radical (unpaired) electrons. The van der Waals surface area contributed by atoms with Gasteiger partial charge in [-0.05, 0) is 31.7 Å². The van der Waals surface area contributed by atoms with Crippen molar-refractivity contribution in [2.24, 2.45) is 0 Å². The number of hydrogen-bond donors (Lipinski definition) is 2. The van der Waals surface area contributed by atoms with E-state index < -0.39 is 0 Å². The predicted octanol–water partition coefficient (Wildman–Crippen LogP) is 1.10. The number of nitrogens with one attached hydrogen (secondary N) is 2. The maximum absolute atomic E-state index is 12.3. The van der Waals surface area contributed by atoms with Gasteiger partial charge in [0.1, 0.15) is 10.7 Å². The number of aromatic amines is 1. The molecule has 4 rings (SSSR count). The minimum atomic E-state index is -0.0485. The SMILES string of the molecule is C[C@@H]1CC(=O)NN1Cc1nc2sc3c(c2c(=O)[nH]1)CCC3. The highest BCUT2D eigenvalue weighted by Crippen LogP contribution is 2.34. The summed E-state index contributed by atoms with van der Waals surface area (Å²) in [6.07, 6.45) is 3.67. The lowest BCUT2D eigenvalue weighted by Gasteiger charge is -2.18. The molecule has 1 fully saturated rings. The largest absolute Gasteiger partial charge is 0.309 e. The van der Waals surface area contributed by atoms with Crippen LogP contribution in [-0.4, -0.2) is 26.9 Å². The van der Waals surface area contributed by atoms with Gasteiger partial charge in [0.2, 0.25) is 5.91 Å². The second-order valence-electron chi connectivity index (χ2n) is 5.77. The Morgan fingerprint density at radius 1 is 1.38 bits per heavy atom. The highest BCUT2D eigenvalue weighted by atomic mass is 32.1. The molecule has 3 heterocycles. The van der Waals surface area contributed by atoms with Crippen molar-refractivity contribution in [3.05, 3.63) is 26.6 Å². The number of hydrogen-bond acceptors (Lipinski definition) is 5. The van der Waals surface area contributed by atoms with E-state index in [0.717, 1.165) is 29.5 Å². The number of carbonyl (C=O) groups is 1. The highest BCUT2D eigenvalue weighted by molar-refractivity contribution is 7.18. The molecular weight excluding hydrogens is 288 g/mol. The Labute approximate surface area is 125 Å². The molecule has 1 aliphatic heterocycles. The number of nitrogens with zero attached hydrogens (tertiary/aromatic N) is 2. The van der Waals surface area contributed by atoms with Gasteiger partial charge in [0, 0.05) is 17.3 Å². The molecule has 2 aliphatic rings. The molecule has 1 atom stereocenters. The zero-order chi connectivity index (χ0) is 14.6. The second kappa shape index (κ2) is 4.64. The molecule has 2 aromatic rings. The van der Waals surface area contributed by atoms with Crippen LogP contribution in [0.4, 0.5) is 0 Å². The predicted molar refractivity (Wildman–Crippen MR) is 80.0 cm³/mol. The van der Waals surface area contributed by atoms with Crippen molar-refractivity contribution in [3.63, 3.8) is 0 Å². The van der Waals surface area contributed by atoms with Gasteiger partial charge < -0.3 is 4.98 Å². The molecule has 2 N–H and O–H groups in total. The lowest BCUT2D eigenvalue weighted by Crippen LogP contribution is -2.37. The lowest BCUT2D eigenvalue weighted by molar-refractivity contribution is -0.121. The van der Waals surface area contributed by atoms with E-state index in [1.165, 1.54) is 10.4 Å². The average molecular weight is 304 g/mol. The summed E-state index contributed by atoms with van der Waals surface area (Å²) in [6, 6.07) is 0.117. The van der Waals surface area contributed by atoms with Crippen LogP contribution in [-0.2, 0) is 24.2 Å². The third kappa shape index (κ3) is 2.08. The average Bonchev–Trinajstić information content (AvgIpc) is 3.04. The van der Waals surface area contributed by atoms with E-state index in [4.69, 9.17) is 0 Å². The summed E-state index contributed by atoms with van der Waals surface area (Å²) in [5, 5.41) is 2.60. The van der Waals surface area contributed by atoms with E-state index in [1.54, 1.807) is 11.3 Å². The van der Waals surface area contributed by atoms with E-state index in [-0.39, 0.29) is 17.5 Å². The van der Waals surface area contributed by atoms with Crippen molar-refractivity contribution in [1.82, 2.24) is 20.4 Å². The Kier molecular flexibility index (Phi) is 2.87. The van der Waals surface area contributed by atoms with Crippen LogP contribution in [0, 0.1) is 0 Å². The molecule has 1 amide bonds. The van der Waals surface area contributed by atoms with Gasteiger partial charge >= 0.3 is 0 Å². The molecule has 0 aromatic carbocycles. The van der Waals surface area contributed by atoms with Gasteiger partial charge in [-0.25, -0.2) is 9.99 Å². The molecule has 21 heavy (non-hydrogen) atoms. The number of hydrazine groups is 1. The van der Waals surface area contributed by atoms with Gasteiger partial charge in [0.25, 0.3) is 5.56 Å². The number of amides is 1. The number of H-pyrrole nitrogens is 1. The number of thiophene rings is 1. The second-order valence-corrected chi connectivity index (χ2v) is 6.85. The number of fused-ring (bicyclic) bond motifs is 3. The molecule has 7 heteroatoms. The molecule has 0 spiro atoms. The van der Waals surface area contributed by atoms with Gasteiger partial charge in [-0.15, -0.1) is 11.3 Å². The van der Waals surface area contributed by atoms with Crippen molar-refractivity contribution in [2.45, 2.75) is 45.2 Å². The molecule has 2 aromatic heterocycles. The maximum atomic E-state index is 12.3. The van der Waals surface area contributed by atoms with Crippen LogP contribution in [0.25, 0.3) is 10.2 Å². The van der Waals surface area contributed by atoms with E-state index >= 15 is 0 Å². The van der Waals surface area contributed by atoms with Gasteiger partial charge in [0.15, 0.2) is 0 Å². The van der Waals surface area contributed by atoms with E-state index in [0.29, 0.717) is 18.8 Å². The minimum Gasteiger partial charge on any atom is -0.309 e. The topological polar surface area (TPSA) is 78.1 Å². The molecular formula is C14H16N4O2S. The first-order valence-corrected chi connectivity index (χ1v) is 8.03. The van der Waals surface area contributed by atoms with E-state index in [1.807, 2.05) is 11.9 Å². The molecule has 6 nitrogen and oxygen atoms in total. The summed E-state index contributed by atoms with van der Waals surface area (Å²) in [5.74, 6) is 0.627. The van der Waals surface area contributed by atoms with E-state index in [2.05, 4.69) is 15.4 Å². The fraction of sp³-hybridized carbons (Fsp3) is 0.500. The van der Waals surface area contributed by atoms with Crippen LogP contribution < -0.4 is 11.0 Å². The van der Waals surface area contributed by atoms with Gasteiger partial charge in [0.05, 0.1) is 11.9 Å². The minimum absolute atomic E-state index is 0.0148. The summed E-state index contributed by atoms with van der Waals surface area (Å²) in [6.45, 7) is 2.41. The molecule has 0 unspecified atom stereocenters. The highest BCUT2D eigenvalue weighted by Gasteiger charge is 2.27. The van der Waals surface area contributed by atoms with Crippen molar-refractivity contribution < 1.29 is 4.79 Å². The zero-order valence-electron chi connectivity index (χ0n) is 11.7. The first-order valence-electron chi connectivity index (χ1n) is 7.21. The van der Waals surface area contributed by atoms with Crippen LogP contribution in [0.1, 0.15) is 36.0 Å². The van der Waals surface area contributed by atoms with Crippen molar-refractivity contribution in [3.8, 4) is 0 Å². The summed E-state index contributed by atoms with van der Waals surface area (Å²) in [7, 11) is 0. The third-order valence-electron chi connectivity index (χ3n) is 4.23. The zero-order valence-corrected chi connectivity index (χ0v) is 12.5. The van der Waals surface area contributed by atoms with Crippen molar-refractivity contribution >= 4 is 27.5 Å². The van der Waals surface area contributed by atoms with E-state index in [9.17, 15) is 9.59 Å². The first kappa shape index (κ1) is 13.0. The molecule has 1 saturated heterocycles. The fourth-order valence-corrected chi connectivity index (χ4v) is 4.45. The van der Waals surface area contributed by atoms with Gasteiger partial charge in [-0.1, -0.05) is 0 Å². The number of rotatable bonds is 2. The fourth-order valence-electron chi connectivity index (χ4n) is 3.17. The molecule has 1 aliphatic carbocycles. The first-order chi connectivity index (χ1) is 10.1. The van der Waals surface area contributed by atoms with Crippen LogP contribution in [0.15, 0.2) is 4.79 Å². The molecule has 110 valence electrons. The Hall–Kier alpha value is -1.73. The third-order valence-corrected chi connectivity index (χ3v) is 5.41. The Balaban J connectivity index is 1.71. The van der Waals surface area contributed by atoms with Gasteiger partial charge in [-0.2, -0.15) is 0 Å². The molecule has 0 saturated carbocycles. The van der Waals surface area contributed by atoms with Gasteiger partial charge in [-0.3, -0.25) is 15.0 Å². The number of carbonyl (C=O) groups excluding carboxylic acids is 1. The normalized spacial score (nSPS) is 22.0. The number of aryl methyl sites for hydroxylation is 2. The summed E-state index contributed by atoms with van der Waals surface area (Å²) in [4.78, 5) is 33.3. The summed E-state index contributed by atoms with van der Waals surface area (Å²) < 4.78 is 0.